The van der Waals surface area contributed by atoms with Crippen LogP contribution in [0.25, 0.3) is 0 Å². The van der Waals surface area contributed by atoms with Gasteiger partial charge in [-0.05, 0) is 42.5 Å². The molecule has 30 heavy (non-hydrogen) atoms. The number of ether oxygens (including phenoxy) is 1. The van der Waals surface area contributed by atoms with E-state index < -0.39 is 0 Å². The standard InChI is InChI=1S/C25H35N3O2/c1-19(2)16-21-8-10-22(11-9-21)20(3)26-25(29)18-27-12-14-28(15-13-27)23-6-5-7-24(17-23)30-4/h5-11,17,19-20H,12-16,18H2,1-4H3,(H,26,29)/p+1/t20-/m1/s1. The molecule has 0 spiro atoms. The number of hydrogen-bond acceptors (Lipinski definition) is 3. The summed E-state index contributed by atoms with van der Waals surface area (Å²) in [6.45, 7) is 10.9. The fourth-order valence-corrected chi connectivity index (χ4v) is 4.08. The zero-order valence-electron chi connectivity index (χ0n) is 18.8. The lowest BCUT2D eigenvalue weighted by Crippen LogP contribution is -3.15. The molecule has 1 heterocycles. The average Bonchev–Trinajstić information content (AvgIpc) is 2.74. The maximum Gasteiger partial charge on any atom is 0.275 e. The van der Waals surface area contributed by atoms with Crippen LogP contribution in [-0.4, -0.2) is 45.7 Å². The van der Waals surface area contributed by atoms with Crippen LogP contribution in [-0.2, 0) is 11.2 Å². The van der Waals surface area contributed by atoms with E-state index in [1.54, 1.807) is 7.11 Å². The Morgan fingerprint density at radius 2 is 1.80 bits per heavy atom. The molecule has 0 aliphatic carbocycles. The maximum atomic E-state index is 12.6. The summed E-state index contributed by atoms with van der Waals surface area (Å²) < 4.78 is 5.33. The van der Waals surface area contributed by atoms with E-state index in [4.69, 9.17) is 4.74 Å². The van der Waals surface area contributed by atoms with Crippen molar-refractivity contribution in [1.82, 2.24) is 5.32 Å². The number of nitrogens with zero attached hydrogens (tertiary/aromatic N) is 1. The molecular weight excluding hydrogens is 374 g/mol. The highest BCUT2D eigenvalue weighted by Gasteiger charge is 2.23. The fourth-order valence-electron chi connectivity index (χ4n) is 4.08. The largest absolute Gasteiger partial charge is 0.497 e. The van der Waals surface area contributed by atoms with E-state index >= 15 is 0 Å². The van der Waals surface area contributed by atoms with Crippen LogP contribution in [0, 0.1) is 5.92 Å². The number of hydrogen-bond donors (Lipinski definition) is 2. The number of carbonyl (C=O) groups excluding carboxylic acids is 1. The first-order valence-corrected chi connectivity index (χ1v) is 11.1. The van der Waals surface area contributed by atoms with Crippen molar-refractivity contribution < 1.29 is 14.4 Å². The molecular formula is C25H36N3O2+. The van der Waals surface area contributed by atoms with Crippen LogP contribution < -0.4 is 19.9 Å². The van der Waals surface area contributed by atoms with Crippen LogP contribution in [0.4, 0.5) is 5.69 Å². The van der Waals surface area contributed by atoms with Gasteiger partial charge in [0.15, 0.2) is 6.54 Å². The molecule has 2 aromatic rings. The van der Waals surface area contributed by atoms with Crippen LogP contribution in [0.1, 0.15) is 37.9 Å². The third-order valence-electron chi connectivity index (χ3n) is 5.80. The zero-order valence-corrected chi connectivity index (χ0v) is 18.8. The number of amides is 1. The second kappa shape index (κ2) is 10.5. The molecule has 1 amide bonds. The second-order valence-corrected chi connectivity index (χ2v) is 8.74. The van der Waals surface area contributed by atoms with Gasteiger partial charge >= 0.3 is 0 Å². The molecule has 0 saturated carbocycles. The lowest BCUT2D eigenvalue weighted by atomic mass is 10.00. The van der Waals surface area contributed by atoms with E-state index in [9.17, 15) is 4.79 Å². The first-order chi connectivity index (χ1) is 14.4. The van der Waals surface area contributed by atoms with Gasteiger partial charge in [0.2, 0.25) is 0 Å². The van der Waals surface area contributed by atoms with E-state index in [1.165, 1.54) is 16.2 Å². The summed E-state index contributed by atoms with van der Waals surface area (Å²) in [5.74, 6) is 1.66. The number of methoxy groups -OCH3 is 1. The van der Waals surface area contributed by atoms with E-state index in [0.717, 1.165) is 43.9 Å². The number of carbonyl (C=O) groups is 1. The maximum absolute atomic E-state index is 12.6. The van der Waals surface area contributed by atoms with Gasteiger partial charge in [-0.15, -0.1) is 0 Å². The molecule has 1 fully saturated rings. The summed E-state index contributed by atoms with van der Waals surface area (Å²) in [5.41, 5.74) is 3.70. The van der Waals surface area contributed by atoms with Gasteiger partial charge < -0.3 is 19.9 Å². The van der Waals surface area contributed by atoms with Crippen LogP contribution in [0.2, 0.25) is 0 Å². The summed E-state index contributed by atoms with van der Waals surface area (Å²) in [6.07, 6.45) is 1.09. The van der Waals surface area contributed by atoms with Crippen LogP contribution >= 0.6 is 0 Å². The number of quaternary nitrogens is 1. The van der Waals surface area contributed by atoms with E-state index in [1.807, 2.05) is 12.1 Å². The molecule has 5 heteroatoms. The molecule has 0 bridgehead atoms. The Kier molecular flexibility index (Phi) is 7.75. The predicted octanol–water partition coefficient (Wildman–Crippen LogP) is 2.48. The van der Waals surface area contributed by atoms with Gasteiger partial charge in [0.25, 0.3) is 5.91 Å². The summed E-state index contributed by atoms with van der Waals surface area (Å²) in [7, 11) is 1.70. The van der Waals surface area contributed by atoms with Gasteiger partial charge in [0.1, 0.15) is 5.75 Å². The predicted molar refractivity (Wildman–Crippen MR) is 122 cm³/mol. The van der Waals surface area contributed by atoms with Crippen LogP contribution in [0.5, 0.6) is 5.75 Å². The molecule has 0 unspecified atom stereocenters. The number of benzene rings is 2. The van der Waals surface area contributed by atoms with E-state index in [0.29, 0.717) is 12.5 Å². The summed E-state index contributed by atoms with van der Waals surface area (Å²) in [6, 6.07) is 16.9. The van der Waals surface area contributed by atoms with Crippen molar-refractivity contribution in [3.05, 3.63) is 59.7 Å². The van der Waals surface area contributed by atoms with Gasteiger partial charge in [-0.1, -0.05) is 44.2 Å². The van der Waals surface area contributed by atoms with Crippen molar-refractivity contribution in [1.29, 1.82) is 0 Å². The Labute approximate surface area is 181 Å². The Morgan fingerprint density at radius 3 is 2.43 bits per heavy atom. The van der Waals surface area contributed by atoms with Crippen molar-refractivity contribution in [2.75, 3.05) is 44.7 Å². The van der Waals surface area contributed by atoms with Crippen molar-refractivity contribution in [2.24, 2.45) is 5.92 Å². The molecule has 0 radical (unpaired) electrons. The minimum absolute atomic E-state index is 0.0306. The summed E-state index contributed by atoms with van der Waals surface area (Å²) in [4.78, 5) is 16.3. The van der Waals surface area contributed by atoms with E-state index in [-0.39, 0.29) is 11.9 Å². The molecule has 2 aromatic carbocycles. The molecule has 2 N–H and O–H groups in total. The number of anilines is 1. The molecule has 0 aromatic heterocycles. The van der Waals surface area contributed by atoms with Crippen molar-refractivity contribution >= 4 is 11.6 Å². The second-order valence-electron chi connectivity index (χ2n) is 8.74. The van der Waals surface area contributed by atoms with Crippen molar-refractivity contribution in [3.8, 4) is 5.75 Å². The SMILES string of the molecule is COc1cccc(N2CC[NH+](CC(=O)N[C@H](C)c3ccc(CC(C)C)cc3)CC2)c1. The average molecular weight is 411 g/mol. The molecule has 162 valence electrons. The van der Waals surface area contributed by atoms with Crippen molar-refractivity contribution in [3.63, 3.8) is 0 Å². The lowest BCUT2D eigenvalue weighted by Gasteiger charge is -2.33. The van der Waals surface area contributed by atoms with Gasteiger partial charge in [-0.2, -0.15) is 0 Å². The molecule has 1 saturated heterocycles. The van der Waals surface area contributed by atoms with Crippen molar-refractivity contribution in [2.45, 2.75) is 33.2 Å². The summed E-state index contributed by atoms with van der Waals surface area (Å²) >= 11 is 0. The number of nitrogens with one attached hydrogen (secondary N) is 2. The first kappa shape index (κ1) is 22.2. The fraction of sp³-hybridized carbons (Fsp3) is 0.480. The quantitative estimate of drug-likeness (QED) is 0.703. The van der Waals surface area contributed by atoms with Crippen LogP contribution in [0.15, 0.2) is 48.5 Å². The van der Waals surface area contributed by atoms with Crippen LogP contribution in [0.3, 0.4) is 0 Å². The lowest BCUT2D eigenvalue weighted by molar-refractivity contribution is -0.892. The topological polar surface area (TPSA) is 46.0 Å². The zero-order chi connectivity index (χ0) is 21.5. The minimum Gasteiger partial charge on any atom is -0.497 e. The third-order valence-corrected chi connectivity index (χ3v) is 5.80. The van der Waals surface area contributed by atoms with Gasteiger partial charge in [0.05, 0.1) is 39.3 Å². The number of piperazine rings is 1. The highest BCUT2D eigenvalue weighted by Crippen LogP contribution is 2.20. The molecule has 1 aliphatic rings. The van der Waals surface area contributed by atoms with Gasteiger partial charge in [-0.3, -0.25) is 4.79 Å². The molecule has 1 aliphatic heterocycles. The molecule has 1 atom stereocenters. The highest BCUT2D eigenvalue weighted by molar-refractivity contribution is 5.77. The Hall–Kier alpha value is -2.53. The Bertz CT molecular complexity index is 811. The first-order valence-electron chi connectivity index (χ1n) is 11.1. The van der Waals surface area contributed by atoms with E-state index in [2.05, 4.69) is 67.4 Å². The minimum atomic E-state index is 0.0306. The third kappa shape index (κ3) is 6.23. The Morgan fingerprint density at radius 1 is 1.10 bits per heavy atom. The van der Waals surface area contributed by atoms with Gasteiger partial charge in [0, 0.05) is 11.8 Å². The number of rotatable bonds is 8. The molecule has 3 rings (SSSR count). The normalized spacial score (nSPS) is 15.8. The summed E-state index contributed by atoms with van der Waals surface area (Å²) in [5, 5.41) is 3.17. The van der Waals surface area contributed by atoms with Gasteiger partial charge in [-0.25, -0.2) is 0 Å². The molecule has 5 nitrogen and oxygen atoms in total. The Balaban J connectivity index is 1.45. The monoisotopic (exact) mass is 410 g/mol. The highest BCUT2D eigenvalue weighted by atomic mass is 16.5. The smallest absolute Gasteiger partial charge is 0.275 e.